The first-order chi connectivity index (χ1) is 9.01. The number of carbonyl (C=O) groups excluding carboxylic acids is 2. The lowest BCUT2D eigenvalue weighted by atomic mass is 10.1. The molecule has 6 heteroatoms. The number of ketones is 1. The Labute approximate surface area is 116 Å². The van der Waals surface area contributed by atoms with E-state index in [1.807, 2.05) is 18.7 Å². The molecule has 104 valence electrons. The molecule has 1 aromatic rings. The van der Waals surface area contributed by atoms with Gasteiger partial charge in [-0.3, -0.25) is 9.59 Å². The molecule has 0 unspecified atom stereocenters. The summed E-state index contributed by atoms with van der Waals surface area (Å²) in [5.74, 6) is -0.417. The largest absolute Gasteiger partial charge is 0.397 e. The number of Topliss-reactive ketones (excluding diaryl/α,β-unsaturated/α-hetero) is 1. The molecule has 0 spiro atoms. The molecular weight excluding hydrogens is 262 g/mol. The highest BCUT2D eigenvalue weighted by atomic mass is 32.1. The lowest BCUT2D eigenvalue weighted by Crippen LogP contribution is -2.24. The zero-order valence-corrected chi connectivity index (χ0v) is 12.0. The molecule has 0 atom stereocenters. The number of nitrogen functional groups attached to an aromatic ring is 1. The van der Waals surface area contributed by atoms with Gasteiger partial charge in [0, 0.05) is 19.0 Å². The van der Waals surface area contributed by atoms with E-state index in [9.17, 15) is 9.59 Å². The van der Waals surface area contributed by atoms with Crippen LogP contribution >= 0.6 is 11.3 Å². The van der Waals surface area contributed by atoms with Crippen molar-refractivity contribution in [2.24, 2.45) is 11.7 Å². The van der Waals surface area contributed by atoms with Crippen LogP contribution in [0.25, 0.3) is 0 Å². The highest BCUT2D eigenvalue weighted by Gasteiger charge is 2.35. The van der Waals surface area contributed by atoms with Crippen molar-refractivity contribution in [1.29, 1.82) is 0 Å². The molecule has 1 saturated carbocycles. The zero-order valence-electron chi connectivity index (χ0n) is 11.2. The van der Waals surface area contributed by atoms with Crippen molar-refractivity contribution in [2.45, 2.75) is 26.7 Å². The summed E-state index contributed by atoms with van der Waals surface area (Å²) in [6, 6.07) is 0. The predicted octanol–water partition coefficient (Wildman–Crippen LogP) is 1.87. The van der Waals surface area contributed by atoms with Gasteiger partial charge in [0.1, 0.15) is 5.00 Å². The number of carbonyl (C=O) groups is 2. The number of hydrogen-bond donors (Lipinski definition) is 2. The van der Waals surface area contributed by atoms with Crippen LogP contribution in [-0.2, 0) is 0 Å². The summed E-state index contributed by atoms with van der Waals surface area (Å²) >= 11 is 1.30. The van der Waals surface area contributed by atoms with E-state index in [1.165, 1.54) is 11.3 Å². The SMILES string of the molecule is CCN(CC)c1sc(C(=O)C2CC2)c(N)c1C(N)=O. The lowest BCUT2D eigenvalue weighted by molar-refractivity contribution is 0.0972. The van der Waals surface area contributed by atoms with Crippen molar-refractivity contribution in [3.63, 3.8) is 0 Å². The second-order valence-electron chi connectivity index (χ2n) is 4.70. The van der Waals surface area contributed by atoms with Gasteiger partial charge in [0.25, 0.3) is 5.91 Å². The topological polar surface area (TPSA) is 89.4 Å². The second-order valence-corrected chi connectivity index (χ2v) is 5.70. The van der Waals surface area contributed by atoms with E-state index in [0.29, 0.717) is 10.4 Å². The van der Waals surface area contributed by atoms with E-state index in [1.54, 1.807) is 0 Å². The predicted molar refractivity (Wildman–Crippen MR) is 77.9 cm³/mol. The normalized spacial score (nSPS) is 14.4. The highest BCUT2D eigenvalue weighted by molar-refractivity contribution is 7.19. The molecule has 1 amide bonds. The Hall–Kier alpha value is -1.56. The number of rotatable bonds is 6. The summed E-state index contributed by atoms with van der Waals surface area (Å²) in [5, 5.41) is 0.721. The average molecular weight is 281 g/mol. The van der Waals surface area contributed by atoms with Gasteiger partial charge in [-0.05, 0) is 26.7 Å². The van der Waals surface area contributed by atoms with Crippen LogP contribution in [-0.4, -0.2) is 24.8 Å². The van der Waals surface area contributed by atoms with Gasteiger partial charge in [0.15, 0.2) is 5.78 Å². The van der Waals surface area contributed by atoms with Crippen LogP contribution in [0.4, 0.5) is 10.7 Å². The maximum Gasteiger partial charge on any atom is 0.253 e. The monoisotopic (exact) mass is 281 g/mol. The Morgan fingerprint density at radius 1 is 1.32 bits per heavy atom. The molecule has 5 nitrogen and oxygen atoms in total. The Balaban J connectivity index is 2.49. The van der Waals surface area contributed by atoms with Crippen molar-refractivity contribution in [3.8, 4) is 0 Å². The van der Waals surface area contributed by atoms with Gasteiger partial charge < -0.3 is 16.4 Å². The molecular formula is C13H19N3O2S. The average Bonchev–Trinajstić information content (AvgIpc) is 3.15. The molecule has 0 radical (unpaired) electrons. The van der Waals surface area contributed by atoms with Gasteiger partial charge in [-0.1, -0.05) is 0 Å². The van der Waals surface area contributed by atoms with Crippen molar-refractivity contribution >= 4 is 33.7 Å². The third-order valence-electron chi connectivity index (χ3n) is 3.40. The number of hydrogen-bond acceptors (Lipinski definition) is 5. The van der Waals surface area contributed by atoms with Crippen LogP contribution in [0.2, 0.25) is 0 Å². The van der Waals surface area contributed by atoms with Crippen LogP contribution in [0.5, 0.6) is 0 Å². The number of nitrogens with two attached hydrogens (primary N) is 2. The van der Waals surface area contributed by atoms with E-state index in [2.05, 4.69) is 0 Å². The van der Waals surface area contributed by atoms with Crippen molar-refractivity contribution in [2.75, 3.05) is 23.7 Å². The molecule has 1 heterocycles. The number of thiophene rings is 1. The third kappa shape index (κ3) is 2.45. The quantitative estimate of drug-likeness (QED) is 0.779. The Bertz CT molecular complexity index is 516. The van der Waals surface area contributed by atoms with E-state index in [-0.39, 0.29) is 17.4 Å². The minimum atomic E-state index is -0.564. The van der Waals surface area contributed by atoms with E-state index in [4.69, 9.17) is 11.5 Å². The lowest BCUT2D eigenvalue weighted by Gasteiger charge is -2.19. The fourth-order valence-corrected chi connectivity index (χ4v) is 3.49. The smallest absolute Gasteiger partial charge is 0.253 e. The Morgan fingerprint density at radius 2 is 1.89 bits per heavy atom. The fourth-order valence-electron chi connectivity index (χ4n) is 2.12. The number of primary amides is 1. The standard InChI is InChI=1S/C13H19N3O2S/c1-3-16(4-2)13-8(12(15)18)9(14)11(19-13)10(17)7-5-6-7/h7H,3-6,14H2,1-2H3,(H2,15,18). The van der Waals surface area contributed by atoms with Gasteiger partial charge in [0.05, 0.1) is 16.1 Å². The maximum absolute atomic E-state index is 12.2. The highest BCUT2D eigenvalue weighted by Crippen LogP contribution is 2.42. The van der Waals surface area contributed by atoms with Crippen LogP contribution in [0.1, 0.15) is 46.7 Å². The molecule has 0 aromatic carbocycles. The minimum absolute atomic E-state index is 0.0587. The van der Waals surface area contributed by atoms with Crippen LogP contribution in [0.15, 0.2) is 0 Å². The van der Waals surface area contributed by atoms with Crippen LogP contribution < -0.4 is 16.4 Å². The van der Waals surface area contributed by atoms with Crippen LogP contribution in [0.3, 0.4) is 0 Å². The molecule has 1 fully saturated rings. The fraction of sp³-hybridized carbons (Fsp3) is 0.538. The van der Waals surface area contributed by atoms with E-state index in [0.717, 1.165) is 30.9 Å². The molecule has 1 aliphatic carbocycles. The number of anilines is 2. The summed E-state index contributed by atoms with van der Waals surface area (Å²) in [5.41, 5.74) is 12.0. The molecule has 0 aliphatic heterocycles. The first kappa shape index (κ1) is 13.9. The van der Waals surface area contributed by atoms with Crippen molar-refractivity contribution in [1.82, 2.24) is 0 Å². The van der Waals surface area contributed by atoms with Crippen LogP contribution in [0, 0.1) is 5.92 Å². The van der Waals surface area contributed by atoms with Gasteiger partial charge in [-0.2, -0.15) is 0 Å². The molecule has 1 aromatic heterocycles. The summed E-state index contributed by atoms with van der Waals surface area (Å²) < 4.78 is 0. The summed E-state index contributed by atoms with van der Waals surface area (Å²) in [6.45, 7) is 5.47. The third-order valence-corrected chi connectivity index (χ3v) is 4.68. The molecule has 2 rings (SSSR count). The molecule has 1 aliphatic rings. The first-order valence-corrected chi connectivity index (χ1v) is 7.34. The molecule has 19 heavy (non-hydrogen) atoms. The van der Waals surface area contributed by atoms with Gasteiger partial charge in [-0.15, -0.1) is 11.3 Å². The first-order valence-electron chi connectivity index (χ1n) is 6.52. The van der Waals surface area contributed by atoms with Gasteiger partial charge >= 0.3 is 0 Å². The Kier molecular flexibility index (Phi) is 3.80. The Morgan fingerprint density at radius 3 is 2.32 bits per heavy atom. The van der Waals surface area contributed by atoms with Gasteiger partial charge in [0.2, 0.25) is 0 Å². The minimum Gasteiger partial charge on any atom is -0.397 e. The molecule has 0 saturated heterocycles. The second kappa shape index (κ2) is 5.21. The molecule has 4 N–H and O–H groups in total. The number of nitrogens with zero attached hydrogens (tertiary/aromatic N) is 1. The van der Waals surface area contributed by atoms with Crippen molar-refractivity contribution in [3.05, 3.63) is 10.4 Å². The van der Waals surface area contributed by atoms with Crippen molar-refractivity contribution < 1.29 is 9.59 Å². The summed E-state index contributed by atoms with van der Waals surface area (Å²) in [4.78, 5) is 26.3. The van der Waals surface area contributed by atoms with E-state index >= 15 is 0 Å². The van der Waals surface area contributed by atoms with E-state index < -0.39 is 5.91 Å². The summed E-state index contributed by atoms with van der Waals surface area (Å²) in [7, 11) is 0. The summed E-state index contributed by atoms with van der Waals surface area (Å²) in [6.07, 6.45) is 1.84. The molecule has 0 bridgehead atoms. The van der Waals surface area contributed by atoms with Gasteiger partial charge in [-0.25, -0.2) is 0 Å². The number of amides is 1. The zero-order chi connectivity index (χ0) is 14.2. The maximum atomic E-state index is 12.2.